The zero-order chi connectivity index (χ0) is 17.3. The van der Waals surface area contributed by atoms with E-state index in [4.69, 9.17) is 11.6 Å². The van der Waals surface area contributed by atoms with E-state index in [9.17, 15) is 9.59 Å². The van der Waals surface area contributed by atoms with E-state index in [2.05, 4.69) is 13.8 Å². The van der Waals surface area contributed by atoms with E-state index in [-0.39, 0.29) is 23.8 Å². The maximum atomic E-state index is 12.9. The molecule has 2 aliphatic rings. The van der Waals surface area contributed by atoms with Crippen molar-refractivity contribution in [3.8, 4) is 0 Å². The van der Waals surface area contributed by atoms with Crippen LogP contribution in [0.2, 0.25) is 5.02 Å². The largest absolute Gasteiger partial charge is 0.338 e. The molecule has 1 aromatic carbocycles. The maximum absolute atomic E-state index is 12.9. The molecule has 2 fully saturated rings. The van der Waals surface area contributed by atoms with Gasteiger partial charge in [-0.15, -0.1) is 0 Å². The number of carbonyl (C=O) groups excluding carboxylic acids is 2. The predicted octanol–water partition coefficient (Wildman–Crippen LogP) is 3.59. The summed E-state index contributed by atoms with van der Waals surface area (Å²) >= 11 is 5.89. The van der Waals surface area contributed by atoms with Gasteiger partial charge >= 0.3 is 0 Å². The van der Waals surface area contributed by atoms with Crippen LogP contribution in [0.4, 0.5) is 0 Å². The number of piperidine rings is 1. The van der Waals surface area contributed by atoms with E-state index in [1.165, 1.54) is 0 Å². The van der Waals surface area contributed by atoms with Crippen LogP contribution in [0, 0.1) is 5.92 Å². The van der Waals surface area contributed by atoms with Gasteiger partial charge in [-0.05, 0) is 63.8 Å². The Labute approximate surface area is 148 Å². The Balaban J connectivity index is 1.68. The van der Waals surface area contributed by atoms with Crippen LogP contribution < -0.4 is 0 Å². The zero-order valence-electron chi connectivity index (χ0n) is 14.4. The Morgan fingerprint density at radius 2 is 1.83 bits per heavy atom. The van der Waals surface area contributed by atoms with E-state index in [0.717, 1.165) is 32.2 Å². The van der Waals surface area contributed by atoms with Crippen LogP contribution in [0.25, 0.3) is 0 Å². The van der Waals surface area contributed by atoms with Gasteiger partial charge in [0.05, 0.1) is 5.92 Å². The van der Waals surface area contributed by atoms with Crippen molar-refractivity contribution in [3.63, 3.8) is 0 Å². The smallest absolute Gasteiger partial charge is 0.253 e. The number of nitrogens with zero attached hydrogens (tertiary/aromatic N) is 2. The summed E-state index contributed by atoms with van der Waals surface area (Å²) in [4.78, 5) is 29.5. The van der Waals surface area contributed by atoms with E-state index < -0.39 is 0 Å². The third-order valence-corrected chi connectivity index (χ3v) is 5.15. The molecule has 1 unspecified atom stereocenters. The summed E-state index contributed by atoms with van der Waals surface area (Å²) in [5.41, 5.74) is 0.635. The van der Waals surface area contributed by atoms with Crippen LogP contribution in [0.5, 0.6) is 0 Å². The average Bonchev–Trinajstić information content (AvgIpc) is 3.39. The van der Waals surface area contributed by atoms with E-state index >= 15 is 0 Å². The molecule has 24 heavy (non-hydrogen) atoms. The SMILES string of the molecule is CC(C)N(C(=O)C1CCCN(C(=O)c2ccc(Cl)cc2)C1)C1CC1. The van der Waals surface area contributed by atoms with Gasteiger partial charge < -0.3 is 9.80 Å². The Hall–Kier alpha value is -1.55. The van der Waals surface area contributed by atoms with Crippen LogP contribution >= 0.6 is 11.6 Å². The number of amides is 2. The third kappa shape index (κ3) is 3.75. The number of hydrogen-bond donors (Lipinski definition) is 0. The van der Waals surface area contributed by atoms with Gasteiger partial charge in [0.15, 0.2) is 0 Å². The second-order valence-electron chi connectivity index (χ2n) is 7.17. The zero-order valence-corrected chi connectivity index (χ0v) is 15.1. The quantitative estimate of drug-likeness (QED) is 0.834. The summed E-state index contributed by atoms with van der Waals surface area (Å²) < 4.78 is 0. The molecule has 0 radical (unpaired) electrons. The predicted molar refractivity (Wildman–Crippen MR) is 95.1 cm³/mol. The number of likely N-dealkylation sites (tertiary alicyclic amines) is 1. The van der Waals surface area contributed by atoms with Crippen molar-refractivity contribution in [1.29, 1.82) is 0 Å². The maximum Gasteiger partial charge on any atom is 0.253 e. The molecule has 0 bridgehead atoms. The molecule has 1 atom stereocenters. The molecule has 130 valence electrons. The topological polar surface area (TPSA) is 40.6 Å². The summed E-state index contributed by atoms with van der Waals surface area (Å²) in [5.74, 6) is 0.144. The van der Waals surface area contributed by atoms with Gasteiger partial charge in [-0.25, -0.2) is 0 Å². The van der Waals surface area contributed by atoms with Crippen LogP contribution in [-0.2, 0) is 4.79 Å². The van der Waals surface area contributed by atoms with Crippen molar-refractivity contribution in [1.82, 2.24) is 9.80 Å². The third-order valence-electron chi connectivity index (χ3n) is 4.90. The molecule has 0 N–H and O–H groups in total. The van der Waals surface area contributed by atoms with E-state index in [0.29, 0.717) is 23.2 Å². The Kier molecular flexibility index (Phi) is 5.14. The second kappa shape index (κ2) is 7.14. The summed E-state index contributed by atoms with van der Waals surface area (Å²) in [6, 6.07) is 7.61. The van der Waals surface area contributed by atoms with Gasteiger partial charge in [-0.2, -0.15) is 0 Å². The van der Waals surface area contributed by atoms with Crippen molar-refractivity contribution < 1.29 is 9.59 Å². The second-order valence-corrected chi connectivity index (χ2v) is 7.60. The van der Waals surface area contributed by atoms with Crippen LogP contribution in [0.1, 0.15) is 49.9 Å². The monoisotopic (exact) mass is 348 g/mol. The normalized spacial score (nSPS) is 21.0. The molecule has 1 heterocycles. The minimum absolute atomic E-state index is 0.00770. The summed E-state index contributed by atoms with van der Waals surface area (Å²) in [7, 11) is 0. The fraction of sp³-hybridized carbons (Fsp3) is 0.579. The standard InChI is InChI=1S/C19H25ClN2O2/c1-13(2)22(17-9-10-17)19(24)15-4-3-11-21(12-15)18(23)14-5-7-16(20)8-6-14/h5-8,13,15,17H,3-4,9-12H2,1-2H3. The molecule has 0 spiro atoms. The first kappa shape index (κ1) is 17.3. The molecular weight excluding hydrogens is 324 g/mol. The van der Waals surface area contributed by atoms with Crippen molar-refractivity contribution in [2.75, 3.05) is 13.1 Å². The van der Waals surface area contributed by atoms with Crippen molar-refractivity contribution in [3.05, 3.63) is 34.9 Å². The molecule has 1 aliphatic carbocycles. The molecule has 0 aromatic heterocycles. The fourth-order valence-electron chi connectivity index (χ4n) is 3.56. The number of hydrogen-bond acceptors (Lipinski definition) is 2. The molecule has 1 saturated heterocycles. The van der Waals surface area contributed by atoms with Crippen molar-refractivity contribution >= 4 is 23.4 Å². The lowest BCUT2D eigenvalue weighted by molar-refractivity contribution is -0.139. The summed E-state index contributed by atoms with van der Waals surface area (Å²) in [6.07, 6.45) is 3.99. The van der Waals surface area contributed by atoms with Gasteiger partial charge in [-0.1, -0.05) is 11.6 Å². The molecule has 5 heteroatoms. The Bertz CT molecular complexity index is 608. The minimum Gasteiger partial charge on any atom is -0.338 e. The fourth-order valence-corrected chi connectivity index (χ4v) is 3.68. The van der Waals surface area contributed by atoms with Gasteiger partial charge in [0.2, 0.25) is 5.91 Å². The molecule has 1 aliphatic heterocycles. The molecular formula is C19H25ClN2O2. The first-order chi connectivity index (χ1) is 11.5. The number of rotatable bonds is 4. The molecule has 1 aromatic rings. The number of carbonyl (C=O) groups is 2. The van der Waals surface area contributed by atoms with Crippen molar-refractivity contribution in [2.24, 2.45) is 5.92 Å². The van der Waals surface area contributed by atoms with Gasteiger partial charge in [-0.3, -0.25) is 9.59 Å². The Morgan fingerprint density at radius 1 is 1.17 bits per heavy atom. The van der Waals surface area contributed by atoms with Crippen LogP contribution in [0.15, 0.2) is 24.3 Å². The van der Waals surface area contributed by atoms with Crippen LogP contribution in [0.3, 0.4) is 0 Å². The highest BCUT2D eigenvalue weighted by molar-refractivity contribution is 6.30. The summed E-state index contributed by atoms with van der Waals surface area (Å²) in [6.45, 7) is 5.40. The van der Waals surface area contributed by atoms with Gasteiger partial charge in [0.1, 0.15) is 0 Å². The molecule has 3 rings (SSSR count). The highest BCUT2D eigenvalue weighted by atomic mass is 35.5. The van der Waals surface area contributed by atoms with Crippen LogP contribution in [-0.4, -0.2) is 46.8 Å². The van der Waals surface area contributed by atoms with E-state index in [1.807, 2.05) is 9.80 Å². The first-order valence-corrected chi connectivity index (χ1v) is 9.22. The highest BCUT2D eigenvalue weighted by Gasteiger charge is 2.39. The lowest BCUT2D eigenvalue weighted by Crippen LogP contribution is -2.49. The highest BCUT2D eigenvalue weighted by Crippen LogP contribution is 2.32. The van der Waals surface area contributed by atoms with E-state index in [1.54, 1.807) is 24.3 Å². The lowest BCUT2D eigenvalue weighted by atomic mass is 9.95. The average molecular weight is 349 g/mol. The van der Waals surface area contributed by atoms with Gasteiger partial charge in [0.25, 0.3) is 5.91 Å². The first-order valence-electron chi connectivity index (χ1n) is 8.84. The molecule has 1 saturated carbocycles. The van der Waals surface area contributed by atoms with Gasteiger partial charge in [0, 0.05) is 35.8 Å². The molecule has 4 nitrogen and oxygen atoms in total. The minimum atomic E-state index is -0.0713. The number of benzene rings is 1. The Morgan fingerprint density at radius 3 is 2.42 bits per heavy atom. The molecule has 2 amide bonds. The lowest BCUT2D eigenvalue weighted by Gasteiger charge is -2.36. The summed E-state index contributed by atoms with van der Waals surface area (Å²) in [5, 5.41) is 0.621. The van der Waals surface area contributed by atoms with Crippen molar-refractivity contribution in [2.45, 2.75) is 51.6 Å². The number of halogens is 1.